The minimum Gasteiger partial charge on any atom is -0.494 e. The molecule has 0 saturated carbocycles. The van der Waals surface area contributed by atoms with Gasteiger partial charge in [0.25, 0.3) is 0 Å². The molecule has 5 N–H and O–H groups in total. The Morgan fingerprint density at radius 1 is 1.10 bits per heavy atom. The molecular weight excluding hydrogens is 631 g/mol. The molecule has 0 bridgehead atoms. The second kappa shape index (κ2) is 14.5. The van der Waals surface area contributed by atoms with Crippen molar-refractivity contribution >= 4 is 45.9 Å². The van der Waals surface area contributed by atoms with E-state index in [9.17, 15) is 14.4 Å². The first-order chi connectivity index (χ1) is 23.3. The summed E-state index contributed by atoms with van der Waals surface area (Å²) in [5.74, 6) is -0.710. The third-order valence-electron chi connectivity index (χ3n) is 8.46. The molecule has 5 rings (SSSR count). The Morgan fingerprint density at radius 2 is 1.88 bits per heavy atom. The van der Waals surface area contributed by atoms with Gasteiger partial charge < -0.3 is 40.6 Å². The normalized spacial score (nSPS) is 15.8. The lowest BCUT2D eigenvalue weighted by Crippen LogP contribution is -2.59. The van der Waals surface area contributed by atoms with Crippen molar-refractivity contribution in [3.63, 3.8) is 0 Å². The molecule has 1 fully saturated rings. The number of amides is 3. The molecular formula is C35H43FN8O5. The van der Waals surface area contributed by atoms with Gasteiger partial charge in [-0.15, -0.1) is 0 Å². The smallest absolute Gasteiger partial charge is 0.247 e. The lowest BCUT2D eigenvalue weighted by atomic mass is 9.85. The maximum Gasteiger partial charge on any atom is 0.247 e. The number of benzene rings is 2. The Bertz CT molecular complexity index is 1860. The van der Waals surface area contributed by atoms with Gasteiger partial charge in [0.05, 0.1) is 18.8 Å². The second-order valence-electron chi connectivity index (χ2n) is 13.1. The highest BCUT2D eigenvalue weighted by atomic mass is 19.1. The van der Waals surface area contributed by atoms with Crippen molar-refractivity contribution < 1.29 is 28.2 Å². The first kappa shape index (κ1) is 35.1. The number of rotatable bonds is 11. The number of hydrogen-bond donors (Lipinski definition) is 5. The Morgan fingerprint density at radius 3 is 2.59 bits per heavy atom. The fraction of sp³-hybridized carbons (Fsp3) is 0.400. The monoisotopic (exact) mass is 674 g/mol. The lowest BCUT2D eigenvalue weighted by molar-refractivity contribution is -0.143. The molecule has 1 saturated heterocycles. The van der Waals surface area contributed by atoms with Crippen LogP contribution >= 0.6 is 0 Å². The van der Waals surface area contributed by atoms with Crippen LogP contribution in [0.15, 0.2) is 48.7 Å². The summed E-state index contributed by atoms with van der Waals surface area (Å²) >= 11 is 0. The third-order valence-corrected chi connectivity index (χ3v) is 8.46. The van der Waals surface area contributed by atoms with Gasteiger partial charge in [-0.25, -0.2) is 9.37 Å². The van der Waals surface area contributed by atoms with Crippen LogP contribution in [0, 0.1) is 18.2 Å². The molecule has 13 nitrogen and oxygen atoms in total. The number of hydrogen-bond acceptors (Lipinski definition) is 9. The molecule has 0 unspecified atom stereocenters. The summed E-state index contributed by atoms with van der Waals surface area (Å²) < 4.78 is 26.4. The summed E-state index contributed by atoms with van der Waals surface area (Å²) in [7, 11) is 3.16. The number of fused-ring (bicyclic) bond motifs is 1. The van der Waals surface area contributed by atoms with Gasteiger partial charge in [0.1, 0.15) is 17.8 Å². The van der Waals surface area contributed by atoms with Crippen LogP contribution in [-0.2, 0) is 14.4 Å². The van der Waals surface area contributed by atoms with Gasteiger partial charge in [-0.3, -0.25) is 14.4 Å². The quantitative estimate of drug-likeness (QED) is 0.147. The van der Waals surface area contributed by atoms with Crippen molar-refractivity contribution in [1.29, 1.82) is 0 Å². The van der Waals surface area contributed by atoms with E-state index in [1.807, 2.05) is 27.7 Å². The molecule has 3 amide bonds. The average Bonchev–Trinajstić information content (AvgIpc) is 3.71. The van der Waals surface area contributed by atoms with E-state index in [4.69, 9.17) is 9.47 Å². The third kappa shape index (κ3) is 7.91. The predicted molar refractivity (Wildman–Crippen MR) is 185 cm³/mol. The molecule has 0 aliphatic carbocycles. The van der Waals surface area contributed by atoms with Crippen LogP contribution in [0.3, 0.4) is 0 Å². The van der Waals surface area contributed by atoms with Crippen molar-refractivity contribution in [2.75, 3.05) is 31.3 Å². The molecule has 2 aromatic carbocycles. The maximum atomic E-state index is 15.1. The van der Waals surface area contributed by atoms with Crippen molar-refractivity contribution in [1.82, 2.24) is 30.5 Å². The number of aryl methyl sites for hydroxylation is 1. The van der Waals surface area contributed by atoms with E-state index in [-0.39, 0.29) is 35.3 Å². The molecule has 49 heavy (non-hydrogen) atoms. The number of aromatic amines is 1. The van der Waals surface area contributed by atoms with Crippen LogP contribution in [0.25, 0.3) is 10.9 Å². The van der Waals surface area contributed by atoms with Crippen LogP contribution < -0.4 is 30.7 Å². The summed E-state index contributed by atoms with van der Waals surface area (Å²) in [5.41, 5.74) is 1.88. The van der Waals surface area contributed by atoms with Gasteiger partial charge in [0, 0.05) is 47.2 Å². The molecule has 1 aliphatic heterocycles. The van der Waals surface area contributed by atoms with Gasteiger partial charge in [0.2, 0.25) is 29.5 Å². The van der Waals surface area contributed by atoms with Gasteiger partial charge in [0.15, 0.2) is 11.6 Å². The SMILES string of the molecule is CN[C@@H](C)C(=O)N[C@H](C(=O)N1CCC[C@@H]1C(=O)Nc1ccc(Nc2nccc(Oc3ccc4[nH]c(C)cc4c3F)n2)c(OC)c1)C(C)(C)C. The zero-order chi connectivity index (χ0) is 35.5. The topological polar surface area (TPSA) is 163 Å². The Hall–Kier alpha value is -5.24. The molecule has 4 aromatic rings. The molecule has 260 valence electrons. The minimum absolute atomic E-state index is 0.0263. The number of carbonyl (C=O) groups excluding carboxylic acids is 3. The number of nitrogens with zero attached hydrogens (tertiary/aromatic N) is 3. The van der Waals surface area contributed by atoms with Gasteiger partial charge in [-0.05, 0) is 69.5 Å². The number of methoxy groups -OCH3 is 1. The Labute approximate surface area is 284 Å². The number of carbonyl (C=O) groups is 3. The number of H-pyrrole nitrogens is 1. The summed E-state index contributed by atoms with van der Waals surface area (Å²) in [6, 6.07) is 9.52. The fourth-order valence-corrected chi connectivity index (χ4v) is 5.67. The van der Waals surface area contributed by atoms with Crippen molar-refractivity contribution in [3.8, 4) is 17.4 Å². The molecule has 0 spiro atoms. The fourth-order valence-electron chi connectivity index (χ4n) is 5.67. The van der Waals surface area contributed by atoms with Crippen molar-refractivity contribution in [2.24, 2.45) is 5.41 Å². The average molecular weight is 675 g/mol. The summed E-state index contributed by atoms with van der Waals surface area (Å²) in [4.78, 5) is 53.2. The van der Waals surface area contributed by atoms with Crippen LogP contribution in [0.5, 0.6) is 17.4 Å². The zero-order valence-electron chi connectivity index (χ0n) is 28.7. The first-order valence-electron chi connectivity index (χ1n) is 16.1. The van der Waals surface area contributed by atoms with E-state index in [1.165, 1.54) is 25.4 Å². The number of anilines is 3. The number of ether oxygens (including phenoxy) is 2. The lowest BCUT2D eigenvalue weighted by Gasteiger charge is -2.36. The number of likely N-dealkylation sites (N-methyl/N-ethyl adjacent to an activating group) is 1. The van der Waals surface area contributed by atoms with Crippen molar-refractivity contribution in [3.05, 3.63) is 60.2 Å². The first-order valence-corrected chi connectivity index (χ1v) is 16.1. The number of nitrogens with one attached hydrogen (secondary N) is 5. The van der Waals surface area contributed by atoms with Gasteiger partial charge in [-0.2, -0.15) is 4.98 Å². The Kier molecular flexibility index (Phi) is 10.4. The van der Waals surface area contributed by atoms with Crippen molar-refractivity contribution in [2.45, 2.75) is 65.6 Å². The maximum absolute atomic E-state index is 15.1. The summed E-state index contributed by atoms with van der Waals surface area (Å²) in [6.45, 7) is 9.61. The predicted octanol–water partition coefficient (Wildman–Crippen LogP) is 5.02. The largest absolute Gasteiger partial charge is 0.494 e. The highest BCUT2D eigenvalue weighted by Crippen LogP contribution is 2.33. The van der Waals surface area contributed by atoms with Crippen LogP contribution in [0.2, 0.25) is 0 Å². The van der Waals surface area contributed by atoms with E-state index < -0.39 is 29.4 Å². The number of aromatic nitrogens is 3. The van der Waals surface area contributed by atoms with Crippen LogP contribution in [0.4, 0.5) is 21.7 Å². The molecule has 0 radical (unpaired) electrons. The van der Waals surface area contributed by atoms with Gasteiger partial charge in [-0.1, -0.05) is 20.8 Å². The van der Waals surface area contributed by atoms with E-state index >= 15 is 4.39 Å². The molecule has 3 heterocycles. The Balaban J connectivity index is 1.27. The molecule has 2 aromatic heterocycles. The van der Waals surface area contributed by atoms with E-state index in [1.54, 1.807) is 49.2 Å². The standard InChI is InChI=1S/C35H43FN8O5/c1-19-17-22-23(39-19)12-13-26(29(22)36)49-28-14-15-38-34(42-28)41-24-11-10-21(18-27(24)48-7)40-32(46)25-9-8-16-44(25)33(47)30(35(3,4)5)43-31(45)20(2)37-6/h10-15,17-18,20,25,30,37,39H,8-9,16H2,1-7H3,(H,40,46)(H,43,45)(H,38,41,42)/t20-,25+,30+/m0/s1. The zero-order valence-corrected chi connectivity index (χ0v) is 28.7. The minimum atomic E-state index is -0.813. The highest BCUT2D eigenvalue weighted by molar-refractivity contribution is 5.99. The molecule has 14 heteroatoms. The van der Waals surface area contributed by atoms with E-state index in [2.05, 4.69) is 36.2 Å². The van der Waals surface area contributed by atoms with E-state index in [0.29, 0.717) is 47.4 Å². The molecule has 1 aliphatic rings. The van der Waals surface area contributed by atoms with Crippen LogP contribution in [-0.4, -0.2) is 76.4 Å². The number of halogens is 1. The van der Waals surface area contributed by atoms with Gasteiger partial charge >= 0.3 is 0 Å². The number of likely N-dealkylation sites (tertiary alicyclic amines) is 1. The van der Waals surface area contributed by atoms with Crippen LogP contribution in [0.1, 0.15) is 46.2 Å². The summed E-state index contributed by atoms with van der Waals surface area (Å²) in [5, 5.41) is 12.2. The molecule has 3 atom stereocenters. The summed E-state index contributed by atoms with van der Waals surface area (Å²) in [6.07, 6.45) is 2.63. The van der Waals surface area contributed by atoms with E-state index in [0.717, 1.165) is 5.69 Å². The second-order valence-corrected chi connectivity index (χ2v) is 13.1. The highest BCUT2D eigenvalue weighted by Gasteiger charge is 2.42.